The van der Waals surface area contributed by atoms with E-state index in [4.69, 9.17) is 0 Å². The van der Waals surface area contributed by atoms with Gasteiger partial charge in [-0.2, -0.15) is 0 Å². The molecule has 3 rings (SSSR count). The zero-order chi connectivity index (χ0) is 25.1. The summed E-state index contributed by atoms with van der Waals surface area (Å²) >= 11 is 0. The van der Waals surface area contributed by atoms with E-state index in [-0.39, 0.29) is 28.4 Å². The third-order valence-electron chi connectivity index (χ3n) is 6.57. The fourth-order valence-electron chi connectivity index (χ4n) is 5.34. The Morgan fingerprint density at radius 3 is 2.12 bits per heavy atom. The molecule has 0 unspecified atom stereocenters. The van der Waals surface area contributed by atoms with E-state index in [0.29, 0.717) is 11.6 Å². The molecule has 1 amide bonds. The summed E-state index contributed by atoms with van der Waals surface area (Å²) < 4.78 is 41.3. The van der Waals surface area contributed by atoms with Gasteiger partial charge in [0, 0.05) is 17.7 Å². The van der Waals surface area contributed by atoms with Gasteiger partial charge < -0.3 is 10.1 Å². The van der Waals surface area contributed by atoms with E-state index >= 15 is 0 Å². The molecule has 1 fully saturated rings. The van der Waals surface area contributed by atoms with Crippen molar-refractivity contribution < 1.29 is 22.7 Å². The van der Waals surface area contributed by atoms with Gasteiger partial charge in [0.15, 0.2) is 0 Å². The smallest absolute Gasteiger partial charge is 0.406 e. The van der Waals surface area contributed by atoms with Crippen molar-refractivity contribution in [3.8, 4) is 5.75 Å². The molecule has 3 nitrogen and oxygen atoms in total. The molecule has 2 aromatic carbocycles. The van der Waals surface area contributed by atoms with E-state index in [1.54, 1.807) is 6.07 Å². The lowest BCUT2D eigenvalue weighted by Gasteiger charge is -2.33. The Labute approximate surface area is 201 Å². The van der Waals surface area contributed by atoms with Gasteiger partial charge in [-0.05, 0) is 72.1 Å². The largest absolute Gasteiger partial charge is 0.573 e. The SMILES string of the molecule is CC(C)(C)CC(C)(C)c1ccc(C2CCC(C(=O)Nc3cccc(OC(F)(F)F)c3)CC2)cc1. The minimum atomic E-state index is -4.76. The molecule has 0 aromatic heterocycles. The number of ether oxygens (including phenoxy) is 1. The van der Waals surface area contributed by atoms with Crippen LogP contribution >= 0.6 is 0 Å². The number of benzene rings is 2. The topological polar surface area (TPSA) is 38.3 Å². The molecule has 0 aliphatic heterocycles. The van der Waals surface area contributed by atoms with Crippen LogP contribution in [0.4, 0.5) is 18.9 Å². The molecule has 0 heterocycles. The van der Waals surface area contributed by atoms with Gasteiger partial charge in [-0.15, -0.1) is 13.2 Å². The average molecular weight is 476 g/mol. The Kier molecular flexibility index (Phi) is 7.69. The summed E-state index contributed by atoms with van der Waals surface area (Å²) in [4.78, 5) is 12.7. The van der Waals surface area contributed by atoms with Crippen LogP contribution in [0.3, 0.4) is 0 Å². The van der Waals surface area contributed by atoms with Crippen molar-refractivity contribution in [3.63, 3.8) is 0 Å². The summed E-state index contributed by atoms with van der Waals surface area (Å²) in [7, 11) is 0. The van der Waals surface area contributed by atoms with Crippen LogP contribution in [0.25, 0.3) is 0 Å². The first-order valence-corrected chi connectivity index (χ1v) is 12.0. The highest BCUT2D eigenvalue weighted by molar-refractivity contribution is 5.92. The first kappa shape index (κ1) is 26.1. The standard InChI is InChI=1S/C28H36F3NO2/c1-26(2,3)18-27(4,5)22-15-13-20(14-16-22)19-9-11-21(12-10-19)25(33)32-23-7-6-8-24(17-23)34-28(29,30)31/h6-8,13-17,19,21H,9-12,18H2,1-5H3,(H,32,33). The number of rotatable bonds is 6. The van der Waals surface area contributed by atoms with Crippen LogP contribution in [0.1, 0.15) is 83.8 Å². The molecule has 0 atom stereocenters. The molecule has 0 bridgehead atoms. The summed E-state index contributed by atoms with van der Waals surface area (Å²) in [5.41, 5.74) is 3.33. The zero-order valence-electron chi connectivity index (χ0n) is 20.8. The quantitative estimate of drug-likeness (QED) is 0.457. The highest BCUT2D eigenvalue weighted by Gasteiger charge is 2.32. The molecule has 0 spiro atoms. The zero-order valence-corrected chi connectivity index (χ0v) is 20.8. The number of hydrogen-bond donors (Lipinski definition) is 1. The van der Waals surface area contributed by atoms with Crippen molar-refractivity contribution in [2.45, 2.75) is 84.4 Å². The molecular formula is C28H36F3NO2. The predicted molar refractivity (Wildman–Crippen MR) is 130 cm³/mol. The number of alkyl halides is 3. The van der Waals surface area contributed by atoms with Gasteiger partial charge in [0.1, 0.15) is 5.75 Å². The third kappa shape index (κ3) is 7.51. The minimum absolute atomic E-state index is 0.106. The lowest BCUT2D eigenvalue weighted by atomic mass is 9.71. The lowest BCUT2D eigenvalue weighted by molar-refractivity contribution is -0.274. The van der Waals surface area contributed by atoms with Gasteiger partial charge in [-0.25, -0.2) is 0 Å². The van der Waals surface area contributed by atoms with Gasteiger partial charge in [-0.3, -0.25) is 4.79 Å². The molecule has 34 heavy (non-hydrogen) atoms. The van der Waals surface area contributed by atoms with E-state index in [9.17, 15) is 18.0 Å². The second kappa shape index (κ2) is 10.0. The Morgan fingerprint density at radius 1 is 0.941 bits per heavy atom. The van der Waals surface area contributed by atoms with E-state index in [1.165, 1.54) is 29.3 Å². The molecule has 6 heteroatoms. The fourth-order valence-corrected chi connectivity index (χ4v) is 5.34. The number of anilines is 1. The molecule has 1 N–H and O–H groups in total. The number of amides is 1. The van der Waals surface area contributed by atoms with Gasteiger partial charge in [0.05, 0.1) is 0 Å². The van der Waals surface area contributed by atoms with E-state index in [1.807, 2.05) is 0 Å². The third-order valence-corrected chi connectivity index (χ3v) is 6.57. The van der Waals surface area contributed by atoms with Crippen molar-refractivity contribution in [3.05, 3.63) is 59.7 Å². The van der Waals surface area contributed by atoms with Crippen LogP contribution in [0, 0.1) is 11.3 Å². The van der Waals surface area contributed by atoms with Gasteiger partial charge >= 0.3 is 6.36 Å². The average Bonchev–Trinajstić information content (AvgIpc) is 2.71. The molecule has 1 aliphatic carbocycles. The van der Waals surface area contributed by atoms with E-state index < -0.39 is 6.36 Å². The molecule has 2 aromatic rings. The van der Waals surface area contributed by atoms with Gasteiger partial charge in [0.25, 0.3) is 0 Å². The number of carbonyl (C=O) groups is 1. The van der Waals surface area contributed by atoms with Crippen molar-refractivity contribution in [1.82, 2.24) is 0 Å². The molecular weight excluding hydrogens is 439 g/mol. The molecule has 1 saturated carbocycles. The second-order valence-electron chi connectivity index (χ2n) is 11.4. The molecule has 186 valence electrons. The van der Waals surface area contributed by atoms with Crippen molar-refractivity contribution in [2.75, 3.05) is 5.32 Å². The predicted octanol–water partition coefficient (Wildman–Crippen LogP) is 8.21. The van der Waals surface area contributed by atoms with Crippen LogP contribution in [0.2, 0.25) is 0 Å². The number of hydrogen-bond acceptors (Lipinski definition) is 2. The Bertz CT molecular complexity index is 966. The van der Waals surface area contributed by atoms with E-state index in [0.717, 1.165) is 32.1 Å². The summed E-state index contributed by atoms with van der Waals surface area (Å²) in [5, 5.41) is 2.75. The Morgan fingerprint density at radius 2 is 1.56 bits per heavy atom. The maximum atomic E-state index is 12.7. The van der Waals surface area contributed by atoms with Crippen LogP contribution in [-0.4, -0.2) is 12.3 Å². The van der Waals surface area contributed by atoms with Crippen molar-refractivity contribution in [2.24, 2.45) is 11.3 Å². The van der Waals surface area contributed by atoms with Gasteiger partial charge in [-0.1, -0.05) is 65.0 Å². The Hall–Kier alpha value is -2.50. The Balaban J connectivity index is 1.55. The normalized spacial score (nSPS) is 19.5. The summed E-state index contributed by atoms with van der Waals surface area (Å²) in [6.07, 6.45) is -0.314. The first-order valence-electron chi connectivity index (χ1n) is 12.0. The molecule has 0 radical (unpaired) electrons. The molecule has 0 saturated heterocycles. The van der Waals surface area contributed by atoms with Crippen LogP contribution in [0.5, 0.6) is 5.75 Å². The number of nitrogens with one attached hydrogen (secondary N) is 1. The van der Waals surface area contributed by atoms with E-state index in [2.05, 4.69) is 68.9 Å². The summed E-state index contributed by atoms with van der Waals surface area (Å²) in [6.45, 7) is 11.4. The maximum Gasteiger partial charge on any atom is 0.573 e. The van der Waals surface area contributed by atoms with Crippen LogP contribution < -0.4 is 10.1 Å². The van der Waals surface area contributed by atoms with Crippen LogP contribution in [-0.2, 0) is 10.2 Å². The second-order valence-corrected chi connectivity index (χ2v) is 11.4. The monoisotopic (exact) mass is 475 g/mol. The van der Waals surface area contributed by atoms with Crippen LogP contribution in [0.15, 0.2) is 48.5 Å². The van der Waals surface area contributed by atoms with Crippen molar-refractivity contribution in [1.29, 1.82) is 0 Å². The summed E-state index contributed by atoms with van der Waals surface area (Å²) in [5.74, 6) is -0.217. The highest BCUT2D eigenvalue weighted by Crippen LogP contribution is 2.39. The minimum Gasteiger partial charge on any atom is -0.406 e. The molecule has 1 aliphatic rings. The number of carbonyl (C=O) groups excluding carboxylic acids is 1. The van der Waals surface area contributed by atoms with Crippen molar-refractivity contribution >= 4 is 11.6 Å². The number of halogens is 3. The maximum absolute atomic E-state index is 12.7. The highest BCUT2D eigenvalue weighted by atomic mass is 19.4. The fraction of sp³-hybridized carbons (Fsp3) is 0.536. The lowest BCUT2D eigenvalue weighted by Crippen LogP contribution is -2.27. The first-order chi connectivity index (χ1) is 15.7. The van der Waals surface area contributed by atoms with Gasteiger partial charge in [0.2, 0.25) is 5.91 Å². The summed E-state index contributed by atoms with van der Waals surface area (Å²) in [6, 6.07) is 14.4.